The molecule has 1 fully saturated rings. The highest BCUT2D eigenvalue weighted by atomic mass is 79.9. The normalized spacial score (nSPS) is 18.4. The smallest absolute Gasteiger partial charge is 0.141 e. The zero-order valence-electron chi connectivity index (χ0n) is 9.93. The predicted octanol–water partition coefficient (Wildman–Crippen LogP) is 3.88. The zero-order valence-corrected chi connectivity index (χ0v) is 12.3. The van der Waals surface area contributed by atoms with Crippen molar-refractivity contribution in [3.05, 3.63) is 27.2 Å². The standard InChI is InChI=1S/C13H17BrClNO/c1-17-12-10(6-9(14)7-11(12)15)13(8-16)4-2-3-5-13/h6-7H,2-5,8,16H2,1H3. The van der Waals surface area contributed by atoms with Gasteiger partial charge in [-0.15, -0.1) is 0 Å². The van der Waals surface area contributed by atoms with Crippen LogP contribution in [0.1, 0.15) is 31.2 Å². The SMILES string of the molecule is COc1c(Cl)cc(Br)cc1C1(CN)CCCC1. The Morgan fingerprint density at radius 1 is 1.41 bits per heavy atom. The minimum atomic E-state index is 0.0404. The summed E-state index contributed by atoms with van der Waals surface area (Å²) in [7, 11) is 1.66. The molecule has 2 rings (SSSR count). The van der Waals surface area contributed by atoms with E-state index in [4.69, 9.17) is 22.1 Å². The molecule has 4 heteroatoms. The van der Waals surface area contributed by atoms with Crippen LogP contribution in [0.3, 0.4) is 0 Å². The number of ether oxygens (including phenoxy) is 1. The fourth-order valence-corrected chi connectivity index (χ4v) is 3.68. The minimum Gasteiger partial charge on any atom is -0.495 e. The monoisotopic (exact) mass is 317 g/mol. The van der Waals surface area contributed by atoms with Gasteiger partial charge in [0.2, 0.25) is 0 Å². The van der Waals surface area contributed by atoms with Gasteiger partial charge in [-0.3, -0.25) is 0 Å². The van der Waals surface area contributed by atoms with Crippen molar-refractivity contribution >= 4 is 27.5 Å². The zero-order chi connectivity index (χ0) is 12.5. The first-order chi connectivity index (χ1) is 8.13. The third-order valence-corrected chi connectivity index (χ3v) is 4.47. The van der Waals surface area contributed by atoms with E-state index in [1.165, 1.54) is 12.8 Å². The quantitative estimate of drug-likeness (QED) is 0.918. The van der Waals surface area contributed by atoms with Crippen LogP contribution >= 0.6 is 27.5 Å². The Hall–Kier alpha value is -0.250. The predicted molar refractivity (Wildman–Crippen MR) is 74.9 cm³/mol. The van der Waals surface area contributed by atoms with Gasteiger partial charge in [-0.25, -0.2) is 0 Å². The molecule has 1 aromatic carbocycles. The van der Waals surface area contributed by atoms with E-state index in [9.17, 15) is 0 Å². The number of hydrogen-bond donors (Lipinski definition) is 1. The number of benzene rings is 1. The molecule has 0 atom stereocenters. The number of rotatable bonds is 3. The summed E-state index contributed by atoms with van der Waals surface area (Å²) in [6.07, 6.45) is 4.69. The van der Waals surface area contributed by atoms with Crippen molar-refractivity contribution in [3.63, 3.8) is 0 Å². The van der Waals surface area contributed by atoms with E-state index in [0.717, 1.165) is 28.6 Å². The first kappa shape index (κ1) is 13.2. The van der Waals surface area contributed by atoms with Crippen molar-refractivity contribution in [2.24, 2.45) is 5.73 Å². The lowest BCUT2D eigenvalue weighted by Gasteiger charge is -2.30. The Morgan fingerprint density at radius 3 is 2.59 bits per heavy atom. The van der Waals surface area contributed by atoms with Gasteiger partial charge in [-0.1, -0.05) is 40.4 Å². The lowest BCUT2D eigenvalue weighted by molar-refractivity contribution is 0.377. The molecule has 2 nitrogen and oxygen atoms in total. The van der Waals surface area contributed by atoms with E-state index in [0.29, 0.717) is 11.6 Å². The number of hydrogen-bond acceptors (Lipinski definition) is 2. The molecule has 1 aliphatic carbocycles. The largest absolute Gasteiger partial charge is 0.495 e. The molecule has 17 heavy (non-hydrogen) atoms. The van der Waals surface area contributed by atoms with Crippen molar-refractivity contribution in [1.29, 1.82) is 0 Å². The van der Waals surface area contributed by atoms with Crippen molar-refractivity contribution in [2.75, 3.05) is 13.7 Å². The molecule has 2 N–H and O–H groups in total. The molecule has 0 unspecified atom stereocenters. The molecule has 0 aliphatic heterocycles. The molecule has 94 valence electrons. The molecule has 1 aromatic rings. The van der Waals surface area contributed by atoms with Crippen LogP contribution in [0.15, 0.2) is 16.6 Å². The van der Waals surface area contributed by atoms with E-state index < -0.39 is 0 Å². The van der Waals surface area contributed by atoms with Crippen LogP contribution in [0.2, 0.25) is 5.02 Å². The Balaban J connectivity index is 2.56. The van der Waals surface area contributed by atoms with Crippen molar-refractivity contribution in [2.45, 2.75) is 31.1 Å². The third-order valence-electron chi connectivity index (χ3n) is 3.74. The van der Waals surface area contributed by atoms with Gasteiger partial charge in [0.25, 0.3) is 0 Å². The topological polar surface area (TPSA) is 35.2 Å². The van der Waals surface area contributed by atoms with Crippen molar-refractivity contribution < 1.29 is 4.74 Å². The van der Waals surface area contributed by atoms with Crippen LogP contribution in [0.5, 0.6) is 5.75 Å². The van der Waals surface area contributed by atoms with Gasteiger partial charge < -0.3 is 10.5 Å². The molecule has 0 heterocycles. The van der Waals surface area contributed by atoms with Gasteiger partial charge >= 0.3 is 0 Å². The maximum Gasteiger partial charge on any atom is 0.141 e. The highest BCUT2D eigenvalue weighted by Gasteiger charge is 2.37. The Bertz CT molecular complexity index is 416. The van der Waals surface area contributed by atoms with E-state index in [2.05, 4.69) is 22.0 Å². The summed E-state index contributed by atoms with van der Waals surface area (Å²) >= 11 is 9.73. The molecular weight excluding hydrogens is 302 g/mol. The Labute approximate surface area is 116 Å². The van der Waals surface area contributed by atoms with Crippen LogP contribution in [0.4, 0.5) is 0 Å². The number of halogens is 2. The van der Waals surface area contributed by atoms with Crippen LogP contribution < -0.4 is 10.5 Å². The maximum absolute atomic E-state index is 6.24. The molecule has 1 aliphatic rings. The fraction of sp³-hybridized carbons (Fsp3) is 0.538. The summed E-state index contributed by atoms with van der Waals surface area (Å²) in [6.45, 7) is 0.649. The van der Waals surface area contributed by atoms with E-state index in [1.54, 1.807) is 7.11 Å². The second-order valence-corrected chi connectivity index (χ2v) is 5.98. The van der Waals surface area contributed by atoms with Gasteiger partial charge in [0, 0.05) is 22.0 Å². The highest BCUT2D eigenvalue weighted by Crippen LogP contribution is 2.47. The van der Waals surface area contributed by atoms with Crippen LogP contribution in [-0.2, 0) is 5.41 Å². The summed E-state index contributed by atoms with van der Waals surface area (Å²) in [4.78, 5) is 0. The van der Waals surface area contributed by atoms with Crippen LogP contribution in [0.25, 0.3) is 0 Å². The van der Waals surface area contributed by atoms with Gasteiger partial charge in [0.1, 0.15) is 5.75 Å². The van der Waals surface area contributed by atoms with E-state index in [1.807, 2.05) is 6.07 Å². The fourth-order valence-electron chi connectivity index (χ4n) is 2.80. The number of nitrogens with two attached hydrogens (primary N) is 1. The second-order valence-electron chi connectivity index (χ2n) is 4.66. The van der Waals surface area contributed by atoms with Gasteiger partial charge in [0.15, 0.2) is 0 Å². The number of methoxy groups -OCH3 is 1. The Kier molecular flexibility index (Phi) is 4.01. The summed E-state index contributed by atoms with van der Waals surface area (Å²) in [5, 5.41) is 0.650. The second kappa shape index (κ2) is 5.17. The molecule has 0 aromatic heterocycles. The van der Waals surface area contributed by atoms with E-state index in [-0.39, 0.29) is 5.41 Å². The molecule has 0 spiro atoms. The van der Waals surface area contributed by atoms with Crippen molar-refractivity contribution in [1.82, 2.24) is 0 Å². The van der Waals surface area contributed by atoms with Gasteiger partial charge in [-0.05, 0) is 25.0 Å². The molecular formula is C13H17BrClNO. The first-order valence-electron chi connectivity index (χ1n) is 5.86. The lowest BCUT2D eigenvalue weighted by Crippen LogP contribution is -2.32. The van der Waals surface area contributed by atoms with Gasteiger partial charge in [-0.2, -0.15) is 0 Å². The van der Waals surface area contributed by atoms with E-state index >= 15 is 0 Å². The summed E-state index contributed by atoms with van der Waals surface area (Å²) in [5.41, 5.74) is 7.20. The molecule has 1 saturated carbocycles. The summed E-state index contributed by atoms with van der Waals surface area (Å²) in [6, 6.07) is 3.96. The molecule has 0 amide bonds. The minimum absolute atomic E-state index is 0.0404. The van der Waals surface area contributed by atoms with Crippen LogP contribution in [0, 0.1) is 0 Å². The third kappa shape index (κ3) is 2.33. The van der Waals surface area contributed by atoms with Crippen molar-refractivity contribution in [3.8, 4) is 5.75 Å². The molecule has 0 radical (unpaired) electrons. The Morgan fingerprint density at radius 2 is 2.06 bits per heavy atom. The maximum atomic E-state index is 6.24. The first-order valence-corrected chi connectivity index (χ1v) is 7.03. The lowest BCUT2D eigenvalue weighted by atomic mass is 9.78. The average Bonchev–Trinajstić information content (AvgIpc) is 2.77. The summed E-state index contributed by atoms with van der Waals surface area (Å²) in [5.74, 6) is 0.780. The molecule has 0 bridgehead atoms. The van der Waals surface area contributed by atoms with Gasteiger partial charge in [0.05, 0.1) is 12.1 Å². The average molecular weight is 319 g/mol. The summed E-state index contributed by atoms with van der Waals surface area (Å²) < 4.78 is 6.45. The highest BCUT2D eigenvalue weighted by molar-refractivity contribution is 9.10. The van der Waals surface area contributed by atoms with Crippen LogP contribution in [-0.4, -0.2) is 13.7 Å². The molecule has 0 saturated heterocycles.